The standard InChI is InChI=1S/C12H15N3O3/c1-14(2)7-9-5-8-3-4-10(15(17)18)6-11(8)12(16)13-9/h3-4,6,9H,5,7H2,1-2H3,(H,13,16). The summed E-state index contributed by atoms with van der Waals surface area (Å²) in [5.74, 6) is -0.230. The van der Waals surface area contributed by atoms with Crippen molar-refractivity contribution in [2.75, 3.05) is 20.6 Å². The van der Waals surface area contributed by atoms with Crippen LogP contribution in [0.3, 0.4) is 0 Å². The highest BCUT2D eigenvalue weighted by Gasteiger charge is 2.26. The minimum Gasteiger partial charge on any atom is -0.348 e. The maximum atomic E-state index is 11.9. The van der Waals surface area contributed by atoms with Gasteiger partial charge in [-0.25, -0.2) is 0 Å². The summed E-state index contributed by atoms with van der Waals surface area (Å²) >= 11 is 0. The van der Waals surface area contributed by atoms with Crippen LogP contribution in [0.5, 0.6) is 0 Å². The second kappa shape index (κ2) is 4.73. The van der Waals surface area contributed by atoms with Gasteiger partial charge in [0.15, 0.2) is 0 Å². The Labute approximate surface area is 105 Å². The highest BCUT2D eigenvalue weighted by atomic mass is 16.6. The van der Waals surface area contributed by atoms with Crippen molar-refractivity contribution in [1.29, 1.82) is 0 Å². The molecule has 1 aromatic carbocycles. The number of nitro benzene ring substituents is 1. The molecule has 1 N–H and O–H groups in total. The summed E-state index contributed by atoms with van der Waals surface area (Å²) in [5.41, 5.74) is 1.24. The van der Waals surface area contributed by atoms with Crippen LogP contribution in [-0.4, -0.2) is 42.4 Å². The van der Waals surface area contributed by atoms with Crippen molar-refractivity contribution >= 4 is 11.6 Å². The van der Waals surface area contributed by atoms with E-state index < -0.39 is 4.92 Å². The van der Waals surface area contributed by atoms with Crippen LogP contribution in [0, 0.1) is 10.1 Å². The number of benzene rings is 1. The van der Waals surface area contributed by atoms with Gasteiger partial charge in [-0.05, 0) is 26.1 Å². The number of rotatable bonds is 3. The van der Waals surface area contributed by atoms with Crippen LogP contribution in [0.1, 0.15) is 15.9 Å². The van der Waals surface area contributed by atoms with E-state index in [9.17, 15) is 14.9 Å². The lowest BCUT2D eigenvalue weighted by atomic mass is 9.94. The molecule has 0 saturated heterocycles. The molecule has 96 valence electrons. The highest BCUT2D eigenvalue weighted by Crippen LogP contribution is 2.22. The van der Waals surface area contributed by atoms with Crippen LogP contribution < -0.4 is 5.32 Å². The Kier molecular flexibility index (Phi) is 3.29. The second-order valence-electron chi connectivity index (χ2n) is 4.74. The molecule has 6 nitrogen and oxygen atoms in total. The Bertz CT molecular complexity index is 499. The number of nitrogens with zero attached hydrogens (tertiary/aromatic N) is 2. The van der Waals surface area contributed by atoms with Gasteiger partial charge in [0.05, 0.1) is 4.92 Å². The van der Waals surface area contributed by atoms with Crippen LogP contribution in [0.25, 0.3) is 0 Å². The van der Waals surface area contributed by atoms with Gasteiger partial charge in [-0.1, -0.05) is 6.07 Å². The van der Waals surface area contributed by atoms with Crippen LogP contribution in [0.15, 0.2) is 18.2 Å². The first-order valence-corrected chi connectivity index (χ1v) is 5.70. The molecule has 1 unspecified atom stereocenters. The maximum Gasteiger partial charge on any atom is 0.270 e. The number of nitro groups is 1. The van der Waals surface area contributed by atoms with E-state index in [4.69, 9.17) is 0 Å². The normalized spacial score (nSPS) is 18.4. The van der Waals surface area contributed by atoms with E-state index in [-0.39, 0.29) is 17.6 Å². The Morgan fingerprint density at radius 2 is 2.22 bits per heavy atom. The number of hydrogen-bond acceptors (Lipinski definition) is 4. The van der Waals surface area contributed by atoms with Crippen molar-refractivity contribution in [2.45, 2.75) is 12.5 Å². The lowest BCUT2D eigenvalue weighted by molar-refractivity contribution is -0.384. The third-order valence-corrected chi connectivity index (χ3v) is 2.94. The molecule has 0 spiro atoms. The van der Waals surface area contributed by atoms with E-state index in [0.29, 0.717) is 12.0 Å². The largest absolute Gasteiger partial charge is 0.348 e. The first kappa shape index (κ1) is 12.5. The minimum absolute atomic E-state index is 0.0463. The molecule has 0 radical (unpaired) electrons. The zero-order valence-electron chi connectivity index (χ0n) is 10.3. The van der Waals surface area contributed by atoms with E-state index in [1.54, 1.807) is 6.07 Å². The topological polar surface area (TPSA) is 75.5 Å². The fourth-order valence-electron chi connectivity index (χ4n) is 2.20. The first-order chi connectivity index (χ1) is 8.47. The molecule has 1 aliphatic rings. The highest BCUT2D eigenvalue weighted by molar-refractivity contribution is 5.97. The molecule has 1 atom stereocenters. The molecule has 0 saturated carbocycles. The average molecular weight is 249 g/mol. The van der Waals surface area contributed by atoms with Crippen LogP contribution in [0.4, 0.5) is 5.69 Å². The third kappa shape index (κ3) is 2.48. The number of hydrogen-bond donors (Lipinski definition) is 1. The molecule has 1 aromatic rings. The van der Waals surface area contributed by atoms with Crippen molar-refractivity contribution in [2.24, 2.45) is 0 Å². The van der Waals surface area contributed by atoms with Crippen LogP contribution in [-0.2, 0) is 6.42 Å². The first-order valence-electron chi connectivity index (χ1n) is 5.70. The van der Waals surface area contributed by atoms with Crippen LogP contribution >= 0.6 is 0 Å². The van der Waals surface area contributed by atoms with E-state index in [0.717, 1.165) is 12.1 Å². The van der Waals surface area contributed by atoms with E-state index in [1.165, 1.54) is 12.1 Å². The van der Waals surface area contributed by atoms with Gasteiger partial charge in [0.2, 0.25) is 0 Å². The molecule has 0 fully saturated rings. The maximum absolute atomic E-state index is 11.9. The summed E-state index contributed by atoms with van der Waals surface area (Å²) in [6.45, 7) is 0.752. The number of carbonyl (C=O) groups is 1. The van der Waals surface area contributed by atoms with E-state index in [2.05, 4.69) is 5.32 Å². The molecule has 2 rings (SSSR count). The summed E-state index contributed by atoms with van der Waals surface area (Å²) in [7, 11) is 3.88. The second-order valence-corrected chi connectivity index (χ2v) is 4.74. The summed E-state index contributed by atoms with van der Waals surface area (Å²) in [5, 5.41) is 13.5. The van der Waals surface area contributed by atoms with Crippen LogP contribution in [0.2, 0.25) is 0 Å². The molecule has 6 heteroatoms. The Hall–Kier alpha value is -1.95. The van der Waals surface area contributed by atoms with Crippen molar-refractivity contribution < 1.29 is 9.72 Å². The zero-order chi connectivity index (χ0) is 13.3. The molecule has 0 aliphatic carbocycles. The fraction of sp³-hybridized carbons (Fsp3) is 0.417. The summed E-state index contributed by atoms with van der Waals surface area (Å²) in [4.78, 5) is 24.1. The SMILES string of the molecule is CN(C)CC1Cc2ccc([N+](=O)[O-])cc2C(=O)N1. The van der Waals surface area contributed by atoms with Crippen molar-refractivity contribution in [1.82, 2.24) is 10.2 Å². The van der Waals surface area contributed by atoms with Gasteiger partial charge in [0.25, 0.3) is 11.6 Å². The van der Waals surface area contributed by atoms with E-state index >= 15 is 0 Å². The number of fused-ring (bicyclic) bond motifs is 1. The lowest BCUT2D eigenvalue weighted by Crippen LogP contribution is -2.46. The Morgan fingerprint density at radius 3 is 2.83 bits per heavy atom. The average Bonchev–Trinajstić information content (AvgIpc) is 2.27. The Balaban J connectivity index is 2.27. The molecule has 0 aromatic heterocycles. The quantitative estimate of drug-likeness (QED) is 0.635. The van der Waals surface area contributed by atoms with Gasteiger partial charge in [0, 0.05) is 30.3 Å². The minimum atomic E-state index is -0.487. The molecular formula is C12H15N3O3. The number of carbonyl (C=O) groups excluding carboxylic acids is 1. The lowest BCUT2D eigenvalue weighted by Gasteiger charge is -2.27. The molecule has 18 heavy (non-hydrogen) atoms. The fourth-order valence-corrected chi connectivity index (χ4v) is 2.20. The van der Waals surface area contributed by atoms with Gasteiger partial charge in [-0.2, -0.15) is 0 Å². The van der Waals surface area contributed by atoms with Gasteiger partial charge < -0.3 is 10.2 Å². The predicted octanol–water partition coefficient (Wildman–Crippen LogP) is 0.811. The van der Waals surface area contributed by atoms with Crippen molar-refractivity contribution in [3.8, 4) is 0 Å². The monoisotopic (exact) mass is 249 g/mol. The summed E-state index contributed by atoms with van der Waals surface area (Å²) in [6, 6.07) is 4.52. The van der Waals surface area contributed by atoms with Crippen molar-refractivity contribution in [3.63, 3.8) is 0 Å². The third-order valence-electron chi connectivity index (χ3n) is 2.94. The predicted molar refractivity (Wildman–Crippen MR) is 66.6 cm³/mol. The molecular weight excluding hydrogens is 234 g/mol. The van der Waals surface area contributed by atoms with Gasteiger partial charge in [0.1, 0.15) is 0 Å². The molecule has 0 bridgehead atoms. The Morgan fingerprint density at radius 1 is 1.50 bits per heavy atom. The zero-order valence-corrected chi connectivity index (χ0v) is 10.3. The summed E-state index contributed by atoms with van der Waals surface area (Å²) in [6.07, 6.45) is 0.706. The smallest absolute Gasteiger partial charge is 0.270 e. The summed E-state index contributed by atoms with van der Waals surface area (Å²) < 4.78 is 0. The number of amides is 1. The molecule has 1 heterocycles. The van der Waals surface area contributed by atoms with Gasteiger partial charge in [-0.15, -0.1) is 0 Å². The molecule has 1 amide bonds. The number of non-ortho nitro benzene ring substituents is 1. The van der Waals surface area contributed by atoms with E-state index in [1.807, 2.05) is 19.0 Å². The number of likely N-dealkylation sites (N-methyl/N-ethyl adjacent to an activating group) is 1. The van der Waals surface area contributed by atoms with Gasteiger partial charge >= 0.3 is 0 Å². The van der Waals surface area contributed by atoms with Gasteiger partial charge in [-0.3, -0.25) is 14.9 Å². The molecule has 1 aliphatic heterocycles. The van der Waals surface area contributed by atoms with Crippen molar-refractivity contribution in [3.05, 3.63) is 39.4 Å². The number of nitrogens with one attached hydrogen (secondary N) is 1.